The minimum atomic E-state index is -1.11. The Hall–Kier alpha value is -0.930. The molecule has 0 atom stereocenters. The third-order valence-corrected chi connectivity index (χ3v) is 3.23. The summed E-state index contributed by atoms with van der Waals surface area (Å²) in [7, 11) is 0. The predicted molar refractivity (Wildman–Crippen MR) is 61.9 cm³/mol. The molecular weight excluding hydrogens is 205 g/mol. The molecule has 1 aromatic carbocycles. The highest BCUT2D eigenvalue weighted by Crippen LogP contribution is 2.30. The Kier molecular flexibility index (Phi) is 3.56. The van der Waals surface area contributed by atoms with E-state index >= 15 is 0 Å². The van der Waals surface area contributed by atoms with Crippen LogP contribution in [0.25, 0.3) is 0 Å². The van der Waals surface area contributed by atoms with Gasteiger partial charge < -0.3 is 10.5 Å². The van der Waals surface area contributed by atoms with Gasteiger partial charge in [0.1, 0.15) is 5.67 Å². The fourth-order valence-corrected chi connectivity index (χ4v) is 2.18. The summed E-state index contributed by atoms with van der Waals surface area (Å²) in [4.78, 5) is 0. The van der Waals surface area contributed by atoms with Gasteiger partial charge in [-0.1, -0.05) is 24.3 Å². The van der Waals surface area contributed by atoms with Crippen molar-refractivity contribution in [3.8, 4) is 0 Å². The molecule has 1 saturated heterocycles. The topological polar surface area (TPSA) is 35.2 Å². The standard InChI is InChI=1S/C13H18FNO/c14-13(5-7-16-8-6-13)9-11-3-1-2-4-12(11)10-15/h1-4H,5-10,15H2. The van der Waals surface area contributed by atoms with E-state index in [1.54, 1.807) is 0 Å². The van der Waals surface area contributed by atoms with Crippen molar-refractivity contribution in [3.05, 3.63) is 35.4 Å². The molecule has 1 heterocycles. The Morgan fingerprint density at radius 2 is 1.81 bits per heavy atom. The fourth-order valence-electron chi connectivity index (χ4n) is 2.18. The molecule has 16 heavy (non-hydrogen) atoms. The Balaban J connectivity index is 2.12. The van der Waals surface area contributed by atoms with Crippen LogP contribution in [-0.4, -0.2) is 18.9 Å². The second-order valence-corrected chi connectivity index (χ2v) is 4.41. The van der Waals surface area contributed by atoms with Crippen molar-refractivity contribution in [3.63, 3.8) is 0 Å². The fraction of sp³-hybridized carbons (Fsp3) is 0.538. The first-order valence-electron chi connectivity index (χ1n) is 5.77. The van der Waals surface area contributed by atoms with Crippen molar-refractivity contribution < 1.29 is 9.13 Å². The minimum absolute atomic E-state index is 0.462. The Labute approximate surface area is 95.6 Å². The summed E-state index contributed by atoms with van der Waals surface area (Å²) < 4.78 is 19.6. The summed E-state index contributed by atoms with van der Waals surface area (Å²) in [6.45, 7) is 1.53. The number of halogens is 1. The van der Waals surface area contributed by atoms with Crippen molar-refractivity contribution in [2.24, 2.45) is 5.73 Å². The van der Waals surface area contributed by atoms with Gasteiger partial charge in [-0.25, -0.2) is 4.39 Å². The maximum absolute atomic E-state index is 14.5. The number of benzene rings is 1. The van der Waals surface area contributed by atoms with Crippen LogP contribution in [0.2, 0.25) is 0 Å². The summed E-state index contributed by atoms with van der Waals surface area (Å²) in [6, 6.07) is 7.83. The smallest absolute Gasteiger partial charge is 0.119 e. The van der Waals surface area contributed by atoms with Crippen LogP contribution in [0.15, 0.2) is 24.3 Å². The zero-order chi connectivity index (χ0) is 11.4. The number of nitrogens with two attached hydrogens (primary N) is 1. The molecule has 0 unspecified atom stereocenters. The van der Waals surface area contributed by atoms with Crippen LogP contribution >= 0.6 is 0 Å². The van der Waals surface area contributed by atoms with E-state index in [9.17, 15) is 4.39 Å². The Bertz CT molecular complexity index is 348. The molecule has 0 amide bonds. The highest BCUT2D eigenvalue weighted by molar-refractivity contribution is 5.28. The van der Waals surface area contributed by atoms with E-state index in [0.29, 0.717) is 39.0 Å². The lowest BCUT2D eigenvalue weighted by molar-refractivity contribution is -0.00825. The van der Waals surface area contributed by atoms with E-state index in [4.69, 9.17) is 10.5 Å². The van der Waals surface area contributed by atoms with Crippen LogP contribution in [0.1, 0.15) is 24.0 Å². The molecule has 1 fully saturated rings. The van der Waals surface area contributed by atoms with Gasteiger partial charge in [0.2, 0.25) is 0 Å². The maximum atomic E-state index is 14.5. The number of hydrogen-bond donors (Lipinski definition) is 1. The summed E-state index contributed by atoms with van der Waals surface area (Å²) in [5, 5.41) is 0. The maximum Gasteiger partial charge on any atom is 0.119 e. The van der Waals surface area contributed by atoms with E-state index in [-0.39, 0.29) is 0 Å². The normalized spacial score (nSPS) is 19.6. The molecule has 0 saturated carbocycles. The van der Waals surface area contributed by atoms with Gasteiger partial charge in [-0.15, -0.1) is 0 Å². The molecule has 2 nitrogen and oxygen atoms in total. The minimum Gasteiger partial charge on any atom is -0.381 e. The lowest BCUT2D eigenvalue weighted by atomic mass is 9.87. The highest BCUT2D eigenvalue weighted by Gasteiger charge is 2.32. The molecule has 0 bridgehead atoms. The van der Waals surface area contributed by atoms with Gasteiger partial charge in [0, 0.05) is 39.0 Å². The third-order valence-electron chi connectivity index (χ3n) is 3.23. The summed E-state index contributed by atoms with van der Waals surface area (Å²) in [5.41, 5.74) is 6.63. The third kappa shape index (κ3) is 2.60. The quantitative estimate of drug-likeness (QED) is 0.852. The molecule has 0 spiro atoms. The van der Waals surface area contributed by atoms with E-state index in [2.05, 4.69) is 0 Å². The van der Waals surface area contributed by atoms with Crippen molar-refractivity contribution in [1.29, 1.82) is 0 Å². The van der Waals surface area contributed by atoms with Gasteiger partial charge in [-0.05, 0) is 11.1 Å². The molecule has 0 radical (unpaired) electrons. The van der Waals surface area contributed by atoms with E-state index in [1.807, 2.05) is 24.3 Å². The van der Waals surface area contributed by atoms with E-state index in [1.165, 1.54) is 0 Å². The first-order valence-corrected chi connectivity index (χ1v) is 5.77. The van der Waals surface area contributed by atoms with Gasteiger partial charge in [0.25, 0.3) is 0 Å². The molecule has 1 aliphatic heterocycles. The van der Waals surface area contributed by atoms with Gasteiger partial charge in [-0.3, -0.25) is 0 Å². The van der Waals surface area contributed by atoms with Crippen molar-refractivity contribution >= 4 is 0 Å². The zero-order valence-electron chi connectivity index (χ0n) is 9.42. The van der Waals surface area contributed by atoms with E-state index in [0.717, 1.165) is 11.1 Å². The van der Waals surface area contributed by atoms with Crippen molar-refractivity contribution in [2.75, 3.05) is 13.2 Å². The molecule has 1 aliphatic rings. The van der Waals surface area contributed by atoms with Gasteiger partial charge >= 0.3 is 0 Å². The largest absolute Gasteiger partial charge is 0.381 e. The first kappa shape index (κ1) is 11.6. The number of alkyl halides is 1. The molecule has 2 N–H and O–H groups in total. The van der Waals surface area contributed by atoms with Crippen LogP contribution < -0.4 is 5.73 Å². The Morgan fingerprint density at radius 1 is 1.19 bits per heavy atom. The molecule has 0 aliphatic carbocycles. The van der Waals surface area contributed by atoms with Crippen LogP contribution in [0, 0.1) is 0 Å². The average molecular weight is 223 g/mol. The van der Waals surface area contributed by atoms with Gasteiger partial charge in [0.05, 0.1) is 0 Å². The molecule has 3 heteroatoms. The average Bonchev–Trinajstić information content (AvgIpc) is 2.30. The summed E-state index contributed by atoms with van der Waals surface area (Å²) >= 11 is 0. The SMILES string of the molecule is NCc1ccccc1CC1(F)CCOCC1. The Morgan fingerprint density at radius 3 is 2.44 bits per heavy atom. The van der Waals surface area contributed by atoms with Crippen LogP contribution in [0.5, 0.6) is 0 Å². The lowest BCUT2D eigenvalue weighted by Crippen LogP contribution is -2.34. The van der Waals surface area contributed by atoms with Crippen molar-refractivity contribution in [1.82, 2.24) is 0 Å². The lowest BCUT2D eigenvalue weighted by Gasteiger charge is -2.30. The van der Waals surface area contributed by atoms with Gasteiger partial charge in [0.15, 0.2) is 0 Å². The number of ether oxygens (including phenoxy) is 1. The number of hydrogen-bond acceptors (Lipinski definition) is 2. The summed E-state index contributed by atoms with van der Waals surface area (Å²) in [6.07, 6.45) is 1.45. The molecular formula is C13H18FNO. The zero-order valence-corrected chi connectivity index (χ0v) is 9.42. The summed E-state index contributed by atoms with van der Waals surface area (Å²) in [5.74, 6) is 0. The van der Waals surface area contributed by atoms with E-state index < -0.39 is 5.67 Å². The molecule has 0 aromatic heterocycles. The number of rotatable bonds is 3. The van der Waals surface area contributed by atoms with Crippen LogP contribution in [0.4, 0.5) is 4.39 Å². The van der Waals surface area contributed by atoms with Gasteiger partial charge in [-0.2, -0.15) is 0 Å². The molecule has 88 valence electrons. The highest BCUT2D eigenvalue weighted by atomic mass is 19.1. The molecule has 2 rings (SSSR count). The van der Waals surface area contributed by atoms with Crippen molar-refractivity contribution in [2.45, 2.75) is 31.5 Å². The van der Waals surface area contributed by atoms with Crippen LogP contribution in [0.3, 0.4) is 0 Å². The monoisotopic (exact) mass is 223 g/mol. The second kappa shape index (κ2) is 4.93. The molecule has 1 aromatic rings. The van der Waals surface area contributed by atoms with Crippen LogP contribution in [-0.2, 0) is 17.7 Å². The second-order valence-electron chi connectivity index (χ2n) is 4.41. The first-order chi connectivity index (χ1) is 7.73. The predicted octanol–water partition coefficient (Wildman–Crippen LogP) is 2.21.